The van der Waals surface area contributed by atoms with E-state index in [9.17, 15) is 4.79 Å². The number of aromatic amines is 1. The lowest BCUT2D eigenvalue weighted by Gasteiger charge is -2.30. The molecule has 0 unspecified atom stereocenters. The smallest absolute Gasteiger partial charge is 0.233 e. The van der Waals surface area contributed by atoms with Gasteiger partial charge in [-0.2, -0.15) is 0 Å². The number of H-pyrrole nitrogens is 1. The molecular weight excluding hydrogens is 248 g/mol. The normalized spacial score (nSPS) is 14.8. The number of hydrogen-bond donors (Lipinski definition) is 2. The monoisotopic (exact) mass is 262 g/mol. The molecule has 1 aliphatic heterocycles. The van der Waals surface area contributed by atoms with Gasteiger partial charge in [-0.25, -0.2) is 4.98 Å². The summed E-state index contributed by atoms with van der Waals surface area (Å²) < 4.78 is 0. The highest BCUT2D eigenvalue weighted by Gasteiger charge is 2.20. The number of nitrogens with two attached hydrogens (primary N) is 1. The van der Waals surface area contributed by atoms with Gasteiger partial charge in [0.1, 0.15) is 0 Å². The zero-order valence-corrected chi connectivity index (χ0v) is 10.7. The fourth-order valence-corrected chi connectivity index (χ4v) is 2.65. The van der Waals surface area contributed by atoms with Gasteiger partial charge < -0.3 is 15.6 Å². The lowest BCUT2D eigenvalue weighted by atomic mass is 10.2. The molecule has 2 heterocycles. The number of aromatic nitrogens is 2. The zero-order chi connectivity index (χ0) is 12.5. The minimum atomic E-state index is 0.186. The average Bonchev–Trinajstić information content (AvgIpc) is 2.65. The molecule has 0 radical (unpaired) electrons. The highest BCUT2D eigenvalue weighted by Crippen LogP contribution is 2.22. The number of carbonyl (C=O) groups excluding carboxylic acids is 1. The van der Waals surface area contributed by atoms with Crippen LogP contribution in [0, 0.1) is 0 Å². The topological polar surface area (TPSA) is 75.0 Å². The summed E-state index contributed by atoms with van der Waals surface area (Å²) in [6.45, 7) is 1.80. The Morgan fingerprint density at radius 1 is 1.50 bits per heavy atom. The van der Waals surface area contributed by atoms with Gasteiger partial charge in [-0.1, -0.05) is 11.8 Å². The second-order valence-electron chi connectivity index (χ2n) is 4.34. The van der Waals surface area contributed by atoms with Crippen LogP contribution in [0.1, 0.15) is 6.42 Å². The van der Waals surface area contributed by atoms with Crippen molar-refractivity contribution in [1.29, 1.82) is 0 Å². The van der Waals surface area contributed by atoms with Crippen molar-refractivity contribution in [2.45, 2.75) is 11.6 Å². The van der Waals surface area contributed by atoms with Crippen LogP contribution in [0.25, 0.3) is 11.0 Å². The lowest BCUT2D eigenvalue weighted by Crippen LogP contribution is -2.43. The van der Waals surface area contributed by atoms with Crippen LogP contribution in [0.3, 0.4) is 0 Å². The summed E-state index contributed by atoms with van der Waals surface area (Å²) in [5.41, 5.74) is 8.20. The van der Waals surface area contributed by atoms with Crippen LogP contribution in [-0.4, -0.2) is 39.6 Å². The molecule has 1 amide bonds. The van der Waals surface area contributed by atoms with Crippen LogP contribution in [-0.2, 0) is 4.79 Å². The van der Waals surface area contributed by atoms with Gasteiger partial charge in [0.05, 0.1) is 16.8 Å². The Labute approximate surface area is 109 Å². The van der Waals surface area contributed by atoms with E-state index in [0.717, 1.165) is 35.7 Å². The number of nitrogens with one attached hydrogen (secondary N) is 1. The maximum absolute atomic E-state index is 11.7. The largest absolute Gasteiger partial charge is 0.399 e. The van der Waals surface area contributed by atoms with Gasteiger partial charge in [-0.15, -0.1) is 0 Å². The van der Waals surface area contributed by atoms with Crippen molar-refractivity contribution in [2.24, 2.45) is 0 Å². The summed E-state index contributed by atoms with van der Waals surface area (Å²) in [5, 5.41) is 0.768. The van der Waals surface area contributed by atoms with E-state index in [4.69, 9.17) is 5.73 Å². The third-order valence-electron chi connectivity index (χ3n) is 3.03. The molecule has 0 spiro atoms. The van der Waals surface area contributed by atoms with Gasteiger partial charge in [-0.3, -0.25) is 4.79 Å². The molecule has 1 saturated heterocycles. The van der Waals surface area contributed by atoms with Crippen LogP contribution >= 0.6 is 11.8 Å². The fraction of sp³-hybridized carbons (Fsp3) is 0.333. The van der Waals surface area contributed by atoms with Crippen molar-refractivity contribution < 1.29 is 4.79 Å². The summed E-state index contributed by atoms with van der Waals surface area (Å²) >= 11 is 1.44. The molecular formula is C12H14N4OS. The number of imidazole rings is 1. The summed E-state index contributed by atoms with van der Waals surface area (Å²) in [6, 6.07) is 5.55. The molecule has 6 heteroatoms. The first-order valence-electron chi connectivity index (χ1n) is 5.88. The Morgan fingerprint density at radius 2 is 2.33 bits per heavy atom. The van der Waals surface area contributed by atoms with Crippen LogP contribution < -0.4 is 5.73 Å². The van der Waals surface area contributed by atoms with Gasteiger partial charge >= 0.3 is 0 Å². The molecule has 0 atom stereocenters. The van der Waals surface area contributed by atoms with E-state index in [1.165, 1.54) is 11.8 Å². The molecule has 0 saturated carbocycles. The maximum Gasteiger partial charge on any atom is 0.233 e. The van der Waals surface area contributed by atoms with E-state index in [0.29, 0.717) is 11.4 Å². The van der Waals surface area contributed by atoms with Crippen LogP contribution in [0.15, 0.2) is 23.4 Å². The SMILES string of the molecule is Nc1ccc2nc(SCC(=O)N3CCC3)[nH]c2c1. The number of hydrogen-bond acceptors (Lipinski definition) is 4. The van der Waals surface area contributed by atoms with E-state index in [1.54, 1.807) is 0 Å². The standard InChI is InChI=1S/C12H14N4OS/c13-8-2-3-9-10(6-8)15-12(14-9)18-7-11(17)16-4-1-5-16/h2-3,6H,1,4-5,7,13H2,(H,14,15). The minimum Gasteiger partial charge on any atom is -0.399 e. The van der Waals surface area contributed by atoms with Gasteiger partial charge in [0.2, 0.25) is 5.91 Å². The van der Waals surface area contributed by atoms with E-state index in [2.05, 4.69) is 9.97 Å². The van der Waals surface area contributed by atoms with Crippen LogP contribution in [0.4, 0.5) is 5.69 Å². The van der Waals surface area contributed by atoms with Crippen molar-refractivity contribution in [1.82, 2.24) is 14.9 Å². The molecule has 0 bridgehead atoms. The molecule has 94 valence electrons. The summed E-state index contributed by atoms with van der Waals surface area (Å²) in [4.78, 5) is 21.2. The van der Waals surface area contributed by atoms with Gasteiger partial charge in [0, 0.05) is 18.8 Å². The lowest BCUT2D eigenvalue weighted by molar-refractivity contribution is -0.131. The number of carbonyl (C=O) groups is 1. The molecule has 1 aliphatic rings. The second-order valence-corrected chi connectivity index (χ2v) is 5.31. The molecule has 0 aliphatic carbocycles. The summed E-state index contributed by atoms with van der Waals surface area (Å²) in [7, 11) is 0. The molecule has 2 aromatic rings. The molecule has 3 rings (SSSR count). The molecule has 3 N–H and O–H groups in total. The van der Waals surface area contributed by atoms with Crippen molar-refractivity contribution in [3.8, 4) is 0 Å². The van der Waals surface area contributed by atoms with Gasteiger partial charge in [0.15, 0.2) is 5.16 Å². The number of anilines is 1. The number of amides is 1. The third kappa shape index (κ3) is 2.15. The van der Waals surface area contributed by atoms with E-state index in [1.807, 2.05) is 23.1 Å². The average molecular weight is 262 g/mol. The van der Waals surface area contributed by atoms with E-state index < -0.39 is 0 Å². The number of nitrogen functional groups attached to an aromatic ring is 1. The highest BCUT2D eigenvalue weighted by atomic mass is 32.2. The number of rotatable bonds is 3. The molecule has 1 aromatic carbocycles. The quantitative estimate of drug-likeness (QED) is 0.649. The predicted octanol–water partition coefficient (Wildman–Crippen LogP) is 1.47. The number of fused-ring (bicyclic) bond motifs is 1. The Bertz CT molecular complexity index is 591. The van der Waals surface area contributed by atoms with Crippen molar-refractivity contribution in [3.05, 3.63) is 18.2 Å². The first-order chi connectivity index (χ1) is 8.72. The third-order valence-corrected chi connectivity index (χ3v) is 3.88. The van der Waals surface area contributed by atoms with Gasteiger partial charge in [-0.05, 0) is 24.6 Å². The molecule has 1 fully saturated rings. The molecule has 1 aromatic heterocycles. The minimum absolute atomic E-state index is 0.186. The number of benzene rings is 1. The maximum atomic E-state index is 11.7. The van der Waals surface area contributed by atoms with E-state index >= 15 is 0 Å². The number of nitrogens with zero attached hydrogens (tertiary/aromatic N) is 2. The molecule has 18 heavy (non-hydrogen) atoms. The second kappa shape index (κ2) is 4.53. The summed E-state index contributed by atoms with van der Waals surface area (Å²) in [5.74, 6) is 0.626. The van der Waals surface area contributed by atoms with Crippen molar-refractivity contribution >= 4 is 34.4 Å². The first-order valence-corrected chi connectivity index (χ1v) is 6.87. The zero-order valence-electron chi connectivity index (χ0n) is 9.85. The Hall–Kier alpha value is -1.69. The fourth-order valence-electron chi connectivity index (χ4n) is 1.86. The Morgan fingerprint density at radius 3 is 3.06 bits per heavy atom. The Balaban J connectivity index is 1.68. The summed E-state index contributed by atoms with van der Waals surface area (Å²) in [6.07, 6.45) is 1.13. The van der Waals surface area contributed by atoms with Crippen LogP contribution in [0.2, 0.25) is 0 Å². The van der Waals surface area contributed by atoms with Crippen molar-refractivity contribution in [3.63, 3.8) is 0 Å². The number of likely N-dealkylation sites (tertiary alicyclic amines) is 1. The number of thioether (sulfide) groups is 1. The van der Waals surface area contributed by atoms with E-state index in [-0.39, 0.29) is 5.91 Å². The molecule has 5 nitrogen and oxygen atoms in total. The highest BCUT2D eigenvalue weighted by molar-refractivity contribution is 7.99. The van der Waals surface area contributed by atoms with Gasteiger partial charge in [0.25, 0.3) is 0 Å². The Kier molecular flexibility index (Phi) is 2.87. The predicted molar refractivity (Wildman–Crippen MR) is 72.4 cm³/mol. The first kappa shape index (κ1) is 11.4. The van der Waals surface area contributed by atoms with Crippen LogP contribution in [0.5, 0.6) is 0 Å². The van der Waals surface area contributed by atoms with Crippen molar-refractivity contribution in [2.75, 3.05) is 24.6 Å².